The van der Waals surface area contributed by atoms with Crippen LogP contribution in [0.15, 0.2) is 95.0 Å². The lowest BCUT2D eigenvalue weighted by Crippen LogP contribution is -2.12. The first-order chi connectivity index (χ1) is 18.2. The van der Waals surface area contributed by atoms with Crippen LogP contribution in [0.2, 0.25) is 0 Å². The number of nitrogen functional groups attached to an aromatic ring is 2. The highest BCUT2D eigenvalue weighted by molar-refractivity contribution is 7.91. The summed E-state index contributed by atoms with van der Waals surface area (Å²) in [6, 6.07) is 21.6. The summed E-state index contributed by atoms with van der Waals surface area (Å²) in [5, 5.41) is 6.85. The molecule has 0 bridgehead atoms. The third-order valence-electron chi connectivity index (χ3n) is 5.74. The Kier molecular flexibility index (Phi) is 6.35. The molecule has 38 heavy (non-hydrogen) atoms. The minimum absolute atomic E-state index is 0.0229. The van der Waals surface area contributed by atoms with Gasteiger partial charge in [0.05, 0.1) is 10.4 Å². The van der Waals surface area contributed by atoms with Crippen LogP contribution in [0.3, 0.4) is 0 Å². The Bertz CT molecular complexity index is 1750. The molecule has 0 spiro atoms. The predicted molar refractivity (Wildman–Crippen MR) is 147 cm³/mol. The normalized spacial score (nSPS) is 11.3. The van der Waals surface area contributed by atoms with Gasteiger partial charge < -0.3 is 22.1 Å². The van der Waals surface area contributed by atoms with E-state index in [2.05, 4.69) is 25.6 Å². The first-order valence-electron chi connectivity index (χ1n) is 11.5. The number of aryl methyl sites for hydroxylation is 1. The minimum atomic E-state index is -3.89. The van der Waals surface area contributed by atoms with Crippen molar-refractivity contribution in [2.24, 2.45) is 0 Å². The Morgan fingerprint density at radius 2 is 1.55 bits per heavy atom. The molecule has 0 atom stereocenters. The molecule has 5 rings (SSSR count). The first kappa shape index (κ1) is 24.7. The molecule has 5 aromatic rings. The SMILES string of the molecule is Cc1cc(S(=O)(=O)c2ccc(NC(=O)c3ccc(Nc4ccnc5cc(N)ccc45)cc3)cc2)nc(N)n1. The number of benzene rings is 3. The van der Waals surface area contributed by atoms with Crippen LogP contribution in [0.5, 0.6) is 0 Å². The van der Waals surface area contributed by atoms with Gasteiger partial charge in [-0.05, 0) is 85.8 Å². The Morgan fingerprint density at radius 3 is 2.26 bits per heavy atom. The highest BCUT2D eigenvalue weighted by atomic mass is 32.2. The average Bonchev–Trinajstić information content (AvgIpc) is 2.89. The van der Waals surface area contributed by atoms with Crippen LogP contribution in [-0.4, -0.2) is 29.3 Å². The zero-order valence-electron chi connectivity index (χ0n) is 20.2. The molecule has 0 aliphatic carbocycles. The zero-order chi connectivity index (χ0) is 26.9. The van der Waals surface area contributed by atoms with E-state index < -0.39 is 9.84 Å². The fourth-order valence-electron chi connectivity index (χ4n) is 3.88. The van der Waals surface area contributed by atoms with Crippen LogP contribution < -0.4 is 22.1 Å². The molecule has 190 valence electrons. The summed E-state index contributed by atoms with van der Waals surface area (Å²) in [4.78, 5) is 24.9. The smallest absolute Gasteiger partial charge is 0.255 e. The van der Waals surface area contributed by atoms with Gasteiger partial charge in [-0.1, -0.05) is 0 Å². The van der Waals surface area contributed by atoms with Crippen molar-refractivity contribution in [3.05, 3.63) is 96.3 Å². The summed E-state index contributed by atoms with van der Waals surface area (Å²) in [6.07, 6.45) is 1.70. The quantitative estimate of drug-likeness (QED) is 0.186. The number of rotatable bonds is 6. The molecule has 0 saturated carbocycles. The summed E-state index contributed by atoms with van der Waals surface area (Å²) < 4.78 is 25.8. The van der Waals surface area contributed by atoms with Crippen molar-refractivity contribution in [3.8, 4) is 0 Å². The molecule has 10 nitrogen and oxygen atoms in total. The van der Waals surface area contributed by atoms with E-state index in [0.29, 0.717) is 22.6 Å². The molecule has 0 radical (unpaired) electrons. The maximum absolute atomic E-state index is 12.9. The number of pyridine rings is 1. The zero-order valence-corrected chi connectivity index (χ0v) is 21.0. The molecule has 0 fully saturated rings. The lowest BCUT2D eigenvalue weighted by atomic mass is 10.1. The van der Waals surface area contributed by atoms with E-state index in [1.165, 1.54) is 30.3 Å². The lowest BCUT2D eigenvalue weighted by Gasteiger charge is -2.11. The first-order valence-corrected chi connectivity index (χ1v) is 13.0. The van der Waals surface area contributed by atoms with Crippen molar-refractivity contribution >= 4 is 55.3 Å². The molecular formula is C27H23N7O3S. The van der Waals surface area contributed by atoms with Gasteiger partial charge in [0.2, 0.25) is 15.8 Å². The summed E-state index contributed by atoms with van der Waals surface area (Å²) in [5.74, 6) is -0.454. The second kappa shape index (κ2) is 9.79. The van der Waals surface area contributed by atoms with Crippen molar-refractivity contribution in [3.63, 3.8) is 0 Å². The van der Waals surface area contributed by atoms with E-state index in [1.54, 1.807) is 37.4 Å². The van der Waals surface area contributed by atoms with E-state index in [9.17, 15) is 13.2 Å². The van der Waals surface area contributed by atoms with Gasteiger partial charge in [-0.15, -0.1) is 0 Å². The van der Waals surface area contributed by atoms with E-state index in [0.717, 1.165) is 22.3 Å². The number of amides is 1. The van der Waals surface area contributed by atoms with Crippen LogP contribution in [-0.2, 0) is 9.84 Å². The molecule has 11 heteroatoms. The lowest BCUT2D eigenvalue weighted by molar-refractivity contribution is 0.102. The fraction of sp³-hybridized carbons (Fsp3) is 0.0370. The molecule has 1 amide bonds. The van der Waals surface area contributed by atoms with Crippen molar-refractivity contribution in [2.75, 3.05) is 22.1 Å². The van der Waals surface area contributed by atoms with Crippen molar-refractivity contribution in [1.29, 1.82) is 0 Å². The van der Waals surface area contributed by atoms with Gasteiger partial charge in [0, 0.05) is 45.6 Å². The van der Waals surface area contributed by atoms with E-state index in [-0.39, 0.29) is 21.8 Å². The number of hydrogen-bond acceptors (Lipinski definition) is 9. The Morgan fingerprint density at radius 1 is 0.842 bits per heavy atom. The topological polar surface area (TPSA) is 166 Å². The summed E-state index contributed by atoms with van der Waals surface area (Å²) in [6.45, 7) is 1.63. The van der Waals surface area contributed by atoms with E-state index >= 15 is 0 Å². The van der Waals surface area contributed by atoms with Crippen LogP contribution >= 0.6 is 0 Å². The number of hydrogen-bond donors (Lipinski definition) is 4. The largest absolute Gasteiger partial charge is 0.399 e. The van der Waals surface area contributed by atoms with Crippen LogP contribution in [0.1, 0.15) is 16.1 Å². The molecular weight excluding hydrogens is 502 g/mol. The van der Waals surface area contributed by atoms with Gasteiger partial charge in [0.15, 0.2) is 5.03 Å². The number of sulfone groups is 1. The van der Waals surface area contributed by atoms with Crippen molar-refractivity contribution in [1.82, 2.24) is 15.0 Å². The number of aromatic nitrogens is 3. The molecule has 3 aromatic carbocycles. The van der Waals surface area contributed by atoms with Crippen molar-refractivity contribution in [2.45, 2.75) is 16.8 Å². The summed E-state index contributed by atoms with van der Waals surface area (Å²) in [5.41, 5.74) is 15.8. The molecule has 2 heterocycles. The highest BCUT2D eigenvalue weighted by Crippen LogP contribution is 2.27. The third kappa shape index (κ3) is 5.08. The Labute approximate surface area is 218 Å². The number of fused-ring (bicyclic) bond motifs is 1. The number of nitrogens with two attached hydrogens (primary N) is 2. The third-order valence-corrected chi connectivity index (χ3v) is 7.39. The van der Waals surface area contributed by atoms with Gasteiger partial charge in [0.25, 0.3) is 5.91 Å². The highest BCUT2D eigenvalue weighted by Gasteiger charge is 2.20. The van der Waals surface area contributed by atoms with Gasteiger partial charge in [-0.3, -0.25) is 9.78 Å². The minimum Gasteiger partial charge on any atom is -0.399 e. The second-order valence-corrected chi connectivity index (χ2v) is 10.4. The molecule has 0 saturated heterocycles. The standard InChI is InChI=1S/C27H23N7O3S/c1-16-14-25(34-27(29)31-16)38(36,37)21-9-7-20(8-10-21)33-26(35)17-2-5-19(6-3-17)32-23-12-13-30-24-15-18(28)4-11-22(23)24/h2-15H,28H2,1H3,(H,30,32)(H,33,35)(H2,29,31,34). The van der Waals surface area contributed by atoms with Gasteiger partial charge in [-0.2, -0.15) is 0 Å². The second-order valence-electron chi connectivity index (χ2n) is 8.53. The number of nitrogens with one attached hydrogen (secondary N) is 2. The maximum Gasteiger partial charge on any atom is 0.255 e. The number of carbonyl (C=O) groups excluding carboxylic acids is 1. The average molecular weight is 526 g/mol. The van der Waals surface area contributed by atoms with E-state index in [1.807, 2.05) is 24.3 Å². The monoisotopic (exact) mass is 525 g/mol. The maximum atomic E-state index is 12.9. The molecule has 0 unspecified atom stereocenters. The molecule has 0 aliphatic rings. The van der Waals surface area contributed by atoms with Crippen LogP contribution in [0.4, 0.5) is 28.7 Å². The van der Waals surface area contributed by atoms with Crippen LogP contribution in [0, 0.1) is 6.92 Å². The number of nitrogens with zero attached hydrogens (tertiary/aromatic N) is 3. The van der Waals surface area contributed by atoms with Gasteiger partial charge >= 0.3 is 0 Å². The van der Waals surface area contributed by atoms with Crippen molar-refractivity contribution < 1.29 is 13.2 Å². The van der Waals surface area contributed by atoms with Gasteiger partial charge in [-0.25, -0.2) is 18.4 Å². The number of carbonyl (C=O) groups is 1. The number of anilines is 5. The summed E-state index contributed by atoms with van der Waals surface area (Å²) >= 11 is 0. The van der Waals surface area contributed by atoms with E-state index in [4.69, 9.17) is 11.5 Å². The molecule has 2 aromatic heterocycles. The Hall–Kier alpha value is -5.03. The predicted octanol–water partition coefficient (Wildman–Crippen LogP) is 4.33. The van der Waals surface area contributed by atoms with Crippen LogP contribution in [0.25, 0.3) is 10.9 Å². The molecule has 0 aliphatic heterocycles. The fourth-order valence-corrected chi connectivity index (χ4v) is 5.15. The summed E-state index contributed by atoms with van der Waals surface area (Å²) in [7, 11) is -3.89. The Balaban J connectivity index is 1.28. The molecule has 6 N–H and O–H groups in total. The van der Waals surface area contributed by atoms with Gasteiger partial charge in [0.1, 0.15) is 0 Å².